The Labute approximate surface area is 308 Å². The first kappa shape index (κ1) is 35.1. The van der Waals surface area contributed by atoms with Gasteiger partial charge < -0.3 is 30.0 Å². The quantitative estimate of drug-likeness (QED) is 0.104. The summed E-state index contributed by atoms with van der Waals surface area (Å²) >= 11 is 0. The largest absolute Gasteiger partial charge is 0.506 e. The lowest BCUT2D eigenvalue weighted by atomic mass is 9.85. The van der Waals surface area contributed by atoms with Crippen LogP contribution < -0.4 is 20.9 Å². The highest BCUT2D eigenvalue weighted by Crippen LogP contribution is 2.40. The minimum absolute atomic E-state index is 0.0346. The molecule has 4 aliphatic rings. The number of ether oxygens (including phenoxy) is 2. The second-order valence-corrected chi connectivity index (χ2v) is 14.7. The van der Waals surface area contributed by atoms with Gasteiger partial charge in [-0.05, 0) is 102 Å². The third kappa shape index (κ3) is 7.45. The SMILES string of the molecule is O=C(OC1CN2CCC1CC2)[C@@]1(NCc2cccc(OCc3ccc(CNCC(O)c4ccc(O)c5[nH]c(=O)ccc45)cc3)c2)CCc2ccccc21. The van der Waals surface area contributed by atoms with Crippen molar-refractivity contribution in [3.05, 3.63) is 141 Å². The number of aliphatic hydroxyl groups is 1. The monoisotopic (exact) mass is 714 g/mol. The number of hydrogen-bond donors (Lipinski definition) is 5. The van der Waals surface area contributed by atoms with Crippen LogP contribution in [-0.2, 0) is 41.2 Å². The third-order valence-corrected chi connectivity index (χ3v) is 11.3. The van der Waals surface area contributed by atoms with Crippen LogP contribution in [0.3, 0.4) is 0 Å². The van der Waals surface area contributed by atoms with Crippen LogP contribution in [0.1, 0.15) is 58.7 Å². The maximum atomic E-state index is 14.1. The van der Waals surface area contributed by atoms with Crippen molar-refractivity contribution >= 4 is 16.9 Å². The molecule has 5 aromatic rings. The van der Waals surface area contributed by atoms with E-state index in [0.717, 1.165) is 66.9 Å². The second-order valence-electron chi connectivity index (χ2n) is 14.7. The van der Waals surface area contributed by atoms with Crippen molar-refractivity contribution in [3.63, 3.8) is 0 Å². The highest BCUT2D eigenvalue weighted by atomic mass is 16.5. The zero-order chi connectivity index (χ0) is 36.4. The number of piperidine rings is 3. The zero-order valence-corrected chi connectivity index (χ0v) is 29.7. The molecule has 0 spiro atoms. The van der Waals surface area contributed by atoms with E-state index in [1.54, 1.807) is 12.1 Å². The molecule has 3 fully saturated rings. The van der Waals surface area contributed by atoms with Crippen molar-refractivity contribution < 1.29 is 24.5 Å². The molecule has 0 radical (unpaired) electrons. The molecule has 2 bridgehead atoms. The summed E-state index contributed by atoms with van der Waals surface area (Å²) in [6, 6.07) is 30.5. The highest BCUT2D eigenvalue weighted by molar-refractivity contribution is 5.87. The number of phenols is 1. The number of hydrogen-bond acceptors (Lipinski definition) is 9. The van der Waals surface area contributed by atoms with Gasteiger partial charge in [-0.3, -0.25) is 15.0 Å². The van der Waals surface area contributed by atoms with E-state index < -0.39 is 11.6 Å². The fourth-order valence-electron chi connectivity index (χ4n) is 8.29. The number of aromatic hydroxyl groups is 1. The Balaban J connectivity index is 0.855. The summed E-state index contributed by atoms with van der Waals surface area (Å²) in [5.41, 5.74) is 5.08. The van der Waals surface area contributed by atoms with E-state index in [-0.39, 0.29) is 23.4 Å². The van der Waals surface area contributed by atoms with Crippen LogP contribution in [0.25, 0.3) is 10.9 Å². The van der Waals surface area contributed by atoms with Gasteiger partial charge in [0.05, 0.1) is 11.6 Å². The first-order valence-corrected chi connectivity index (χ1v) is 18.6. The Hall–Kier alpha value is -5.00. The molecule has 9 rings (SSSR count). The predicted molar refractivity (Wildman–Crippen MR) is 202 cm³/mol. The number of nitrogens with one attached hydrogen (secondary N) is 3. The van der Waals surface area contributed by atoms with E-state index in [2.05, 4.69) is 38.7 Å². The predicted octanol–water partition coefficient (Wildman–Crippen LogP) is 5.20. The standard InChI is InChI=1S/C43H46N4O6/c48-37-14-12-34(35-13-15-40(50)46-41(35)37)38(49)25-44-23-28-8-10-29(11-9-28)27-52-33-6-3-4-30(22-33)24-45-43(19-16-31-5-1-2-7-36(31)43)42(51)53-39-26-47-20-17-32(39)18-21-47/h1-15,22,32,38-39,44-45,48-49H,16-21,23-27H2,(H,46,50)/t38?,39?,43-/m1/s1. The number of esters is 1. The van der Waals surface area contributed by atoms with Crippen LogP contribution in [0.5, 0.6) is 11.5 Å². The molecule has 10 nitrogen and oxygen atoms in total. The number of aromatic nitrogens is 1. The van der Waals surface area contributed by atoms with Crippen LogP contribution in [0, 0.1) is 5.92 Å². The van der Waals surface area contributed by atoms with Crippen molar-refractivity contribution in [2.24, 2.45) is 5.92 Å². The fourth-order valence-corrected chi connectivity index (χ4v) is 8.29. The van der Waals surface area contributed by atoms with Crippen molar-refractivity contribution in [3.8, 4) is 11.5 Å². The normalized spacial score (nSPS) is 22.4. The number of phenolic OH excluding ortho intramolecular Hbond substituents is 1. The van der Waals surface area contributed by atoms with Gasteiger partial charge in [0, 0.05) is 37.6 Å². The Kier molecular flexibility index (Phi) is 10.0. The average Bonchev–Trinajstić information content (AvgIpc) is 3.57. The number of H-pyrrole nitrogens is 1. The van der Waals surface area contributed by atoms with E-state index in [9.17, 15) is 19.8 Å². The summed E-state index contributed by atoms with van der Waals surface area (Å²) in [6.07, 6.45) is 2.83. The fraction of sp³-hybridized carbons (Fsp3) is 0.349. The number of pyridine rings is 1. The number of carbonyl (C=O) groups excluding carboxylic acids is 1. The number of carbonyl (C=O) groups is 1. The molecule has 4 aromatic carbocycles. The third-order valence-electron chi connectivity index (χ3n) is 11.3. The minimum atomic E-state index is -0.879. The molecule has 274 valence electrons. The lowest BCUT2D eigenvalue weighted by Gasteiger charge is -2.45. The van der Waals surface area contributed by atoms with Crippen LogP contribution in [0.4, 0.5) is 0 Å². The van der Waals surface area contributed by atoms with Gasteiger partial charge in [-0.1, -0.05) is 66.7 Å². The van der Waals surface area contributed by atoms with Gasteiger partial charge >= 0.3 is 5.97 Å². The van der Waals surface area contributed by atoms with E-state index in [1.165, 1.54) is 17.7 Å². The molecule has 1 aromatic heterocycles. The Morgan fingerprint density at radius 1 is 0.925 bits per heavy atom. The van der Waals surface area contributed by atoms with Gasteiger partial charge in [-0.25, -0.2) is 4.79 Å². The first-order valence-electron chi connectivity index (χ1n) is 18.6. The maximum Gasteiger partial charge on any atom is 0.331 e. The second kappa shape index (κ2) is 15.2. The Bertz CT molecular complexity index is 2140. The molecule has 0 saturated carbocycles. The molecule has 4 heterocycles. The Morgan fingerprint density at radius 3 is 2.55 bits per heavy atom. The van der Waals surface area contributed by atoms with Crippen LogP contribution in [0.2, 0.25) is 0 Å². The molecule has 2 unspecified atom stereocenters. The summed E-state index contributed by atoms with van der Waals surface area (Å²) in [5.74, 6) is 1.01. The topological polar surface area (TPSA) is 136 Å². The number of rotatable bonds is 13. The molecular formula is C43H46N4O6. The van der Waals surface area contributed by atoms with E-state index in [4.69, 9.17) is 9.47 Å². The van der Waals surface area contributed by atoms with Crippen LogP contribution in [0.15, 0.2) is 102 Å². The van der Waals surface area contributed by atoms with Crippen molar-refractivity contribution in [2.45, 2.75) is 63.1 Å². The van der Waals surface area contributed by atoms with Gasteiger partial charge in [0.2, 0.25) is 5.56 Å². The summed E-state index contributed by atoms with van der Waals surface area (Å²) in [6.45, 7) is 4.80. The van der Waals surface area contributed by atoms with Crippen LogP contribution >= 0.6 is 0 Å². The average molecular weight is 715 g/mol. The lowest BCUT2D eigenvalue weighted by molar-refractivity contribution is -0.167. The minimum Gasteiger partial charge on any atom is -0.506 e. The number of aryl methyl sites for hydroxylation is 1. The van der Waals surface area contributed by atoms with Crippen LogP contribution in [-0.4, -0.2) is 58.3 Å². The number of nitrogens with zero attached hydrogens (tertiary/aromatic N) is 1. The highest BCUT2D eigenvalue weighted by Gasteiger charge is 2.48. The molecule has 5 N–H and O–H groups in total. The summed E-state index contributed by atoms with van der Waals surface area (Å²) in [7, 11) is 0. The van der Waals surface area contributed by atoms with E-state index in [0.29, 0.717) is 55.0 Å². The number of aromatic amines is 1. The molecular weight excluding hydrogens is 668 g/mol. The van der Waals surface area contributed by atoms with Gasteiger partial charge in [0.1, 0.15) is 29.7 Å². The molecule has 0 amide bonds. The van der Waals surface area contributed by atoms with Gasteiger partial charge in [0.25, 0.3) is 0 Å². The molecule has 1 aliphatic carbocycles. The molecule has 53 heavy (non-hydrogen) atoms. The molecule has 10 heteroatoms. The smallest absolute Gasteiger partial charge is 0.331 e. The number of benzene rings is 4. The summed E-state index contributed by atoms with van der Waals surface area (Å²) in [5, 5.41) is 28.6. The molecule has 3 atom stereocenters. The van der Waals surface area contributed by atoms with E-state index >= 15 is 0 Å². The summed E-state index contributed by atoms with van der Waals surface area (Å²) in [4.78, 5) is 30.9. The van der Waals surface area contributed by atoms with Gasteiger partial charge in [0.15, 0.2) is 0 Å². The van der Waals surface area contributed by atoms with Crippen molar-refractivity contribution in [1.29, 1.82) is 0 Å². The molecule has 3 aliphatic heterocycles. The number of aliphatic hydroxyl groups excluding tert-OH is 1. The first-order chi connectivity index (χ1) is 25.8. The summed E-state index contributed by atoms with van der Waals surface area (Å²) < 4.78 is 12.6. The van der Waals surface area contributed by atoms with E-state index in [1.807, 2.05) is 54.6 Å². The zero-order valence-electron chi connectivity index (χ0n) is 29.7. The lowest BCUT2D eigenvalue weighted by Crippen LogP contribution is -2.55. The Morgan fingerprint density at radius 2 is 1.74 bits per heavy atom. The number of fused-ring (bicyclic) bond motifs is 5. The van der Waals surface area contributed by atoms with Crippen molar-refractivity contribution in [2.75, 3.05) is 26.2 Å². The molecule has 3 saturated heterocycles. The maximum absolute atomic E-state index is 14.1. The van der Waals surface area contributed by atoms with Gasteiger partial charge in [-0.15, -0.1) is 0 Å². The van der Waals surface area contributed by atoms with Gasteiger partial charge in [-0.2, -0.15) is 0 Å². The van der Waals surface area contributed by atoms with Crippen molar-refractivity contribution in [1.82, 2.24) is 20.5 Å².